The van der Waals surface area contributed by atoms with Crippen LogP contribution in [0.3, 0.4) is 0 Å². The molecule has 100 valence electrons. The lowest BCUT2D eigenvalue weighted by atomic mass is 10.1. The topological polar surface area (TPSA) is 74.2 Å². The van der Waals surface area contributed by atoms with Crippen LogP contribution < -0.4 is 14.2 Å². The summed E-state index contributed by atoms with van der Waals surface area (Å²) >= 11 is 0. The first-order valence-corrected chi connectivity index (χ1v) is 5.14. The molecule has 0 amide bonds. The van der Waals surface area contributed by atoms with E-state index in [0.29, 0.717) is 22.8 Å². The van der Waals surface area contributed by atoms with Gasteiger partial charge >= 0.3 is 5.97 Å². The summed E-state index contributed by atoms with van der Waals surface area (Å²) < 4.78 is 19.8. The van der Waals surface area contributed by atoms with Crippen LogP contribution in [0.2, 0.25) is 0 Å². The summed E-state index contributed by atoms with van der Waals surface area (Å²) in [5.74, 6) is 0.342. The second kappa shape index (κ2) is 6.11. The van der Waals surface area contributed by atoms with Gasteiger partial charge < -0.3 is 24.1 Å². The van der Waals surface area contributed by atoms with E-state index in [-0.39, 0.29) is 0 Å². The molecule has 18 heavy (non-hydrogen) atoms. The molecule has 0 bridgehead atoms. The molecule has 0 saturated carbocycles. The molecule has 0 aliphatic carbocycles. The van der Waals surface area contributed by atoms with Crippen LogP contribution in [0.25, 0.3) is 0 Å². The van der Waals surface area contributed by atoms with Crippen molar-refractivity contribution in [3.63, 3.8) is 0 Å². The number of ether oxygens (including phenoxy) is 4. The fourth-order valence-electron chi connectivity index (χ4n) is 1.51. The molecule has 1 N–H and O–H groups in total. The van der Waals surface area contributed by atoms with Crippen LogP contribution in [0.4, 0.5) is 0 Å². The van der Waals surface area contributed by atoms with Crippen LogP contribution in [0.5, 0.6) is 17.2 Å². The van der Waals surface area contributed by atoms with E-state index in [4.69, 9.17) is 14.2 Å². The minimum absolute atomic E-state index is 0.302. The van der Waals surface area contributed by atoms with Gasteiger partial charge in [-0.15, -0.1) is 0 Å². The third-order valence-electron chi connectivity index (χ3n) is 2.43. The molecule has 0 fully saturated rings. The van der Waals surface area contributed by atoms with Crippen LogP contribution in [-0.2, 0) is 9.53 Å². The molecule has 6 heteroatoms. The Morgan fingerprint density at radius 3 is 1.89 bits per heavy atom. The van der Waals surface area contributed by atoms with Crippen LogP contribution in [0.1, 0.15) is 11.7 Å². The van der Waals surface area contributed by atoms with Gasteiger partial charge in [0.2, 0.25) is 5.75 Å². The van der Waals surface area contributed by atoms with Gasteiger partial charge in [0, 0.05) is 0 Å². The fraction of sp³-hybridized carbons (Fsp3) is 0.417. The van der Waals surface area contributed by atoms with Gasteiger partial charge in [-0.1, -0.05) is 0 Å². The number of esters is 1. The molecular formula is C12H16O6. The lowest BCUT2D eigenvalue weighted by Gasteiger charge is -2.15. The number of carbonyl (C=O) groups excluding carboxylic acids is 1. The molecule has 6 nitrogen and oxygen atoms in total. The molecule has 0 heterocycles. The number of methoxy groups -OCH3 is 4. The Kier molecular flexibility index (Phi) is 4.79. The number of carbonyl (C=O) groups is 1. The molecule has 0 saturated heterocycles. The second-order valence-electron chi connectivity index (χ2n) is 3.38. The molecule has 0 aliphatic rings. The van der Waals surface area contributed by atoms with Crippen molar-refractivity contribution in [1.29, 1.82) is 0 Å². The lowest BCUT2D eigenvalue weighted by molar-refractivity contribution is -0.150. The molecule has 1 rings (SSSR count). The van der Waals surface area contributed by atoms with E-state index in [1.54, 1.807) is 0 Å². The van der Waals surface area contributed by atoms with Gasteiger partial charge in [0.05, 0.1) is 28.4 Å². The van der Waals surface area contributed by atoms with Gasteiger partial charge in [0.1, 0.15) is 0 Å². The number of hydrogen-bond donors (Lipinski definition) is 1. The normalized spacial score (nSPS) is 11.6. The average molecular weight is 256 g/mol. The van der Waals surface area contributed by atoms with Gasteiger partial charge in [-0.3, -0.25) is 0 Å². The Balaban J connectivity index is 3.27. The monoisotopic (exact) mass is 256 g/mol. The highest BCUT2D eigenvalue weighted by Gasteiger charge is 2.22. The van der Waals surface area contributed by atoms with E-state index >= 15 is 0 Å². The third kappa shape index (κ3) is 2.65. The molecule has 1 unspecified atom stereocenters. The van der Waals surface area contributed by atoms with Crippen molar-refractivity contribution in [3.05, 3.63) is 17.7 Å². The number of rotatable bonds is 5. The van der Waals surface area contributed by atoms with E-state index in [1.165, 1.54) is 40.6 Å². The summed E-state index contributed by atoms with van der Waals surface area (Å²) in [5, 5.41) is 9.77. The number of hydrogen-bond acceptors (Lipinski definition) is 6. The maximum absolute atomic E-state index is 11.3. The predicted molar refractivity (Wildman–Crippen MR) is 63.1 cm³/mol. The SMILES string of the molecule is COC(=O)C(O)c1cc(OC)c(OC)c(OC)c1. The highest BCUT2D eigenvalue weighted by atomic mass is 16.5. The standard InChI is InChI=1S/C12H16O6/c1-15-8-5-7(10(13)12(14)18-4)6-9(16-2)11(8)17-3/h5-6,10,13H,1-4H3. The number of aliphatic hydroxyl groups is 1. The summed E-state index contributed by atoms with van der Waals surface area (Å²) in [4.78, 5) is 11.3. The molecule has 1 aromatic carbocycles. The van der Waals surface area contributed by atoms with E-state index in [9.17, 15) is 9.90 Å². The lowest BCUT2D eigenvalue weighted by Crippen LogP contribution is -2.13. The van der Waals surface area contributed by atoms with Crippen molar-refractivity contribution < 1.29 is 28.8 Å². The van der Waals surface area contributed by atoms with Gasteiger partial charge in [0.25, 0.3) is 0 Å². The first kappa shape index (κ1) is 14.1. The predicted octanol–water partition coefficient (Wildman–Crippen LogP) is 0.919. The average Bonchev–Trinajstić information content (AvgIpc) is 2.43. The van der Waals surface area contributed by atoms with Crippen LogP contribution >= 0.6 is 0 Å². The molecule has 1 atom stereocenters. The van der Waals surface area contributed by atoms with Crippen molar-refractivity contribution in [1.82, 2.24) is 0 Å². The van der Waals surface area contributed by atoms with Gasteiger partial charge in [-0.2, -0.15) is 0 Å². The van der Waals surface area contributed by atoms with Crippen molar-refractivity contribution in [3.8, 4) is 17.2 Å². The fourth-order valence-corrected chi connectivity index (χ4v) is 1.51. The Hall–Kier alpha value is -1.95. The Morgan fingerprint density at radius 2 is 1.56 bits per heavy atom. The molecular weight excluding hydrogens is 240 g/mol. The van der Waals surface area contributed by atoms with Gasteiger partial charge in [-0.05, 0) is 17.7 Å². The first-order chi connectivity index (χ1) is 8.58. The molecule has 1 aromatic rings. The van der Waals surface area contributed by atoms with Crippen molar-refractivity contribution in [2.45, 2.75) is 6.10 Å². The summed E-state index contributed by atoms with van der Waals surface area (Å²) in [6, 6.07) is 2.98. The smallest absolute Gasteiger partial charge is 0.339 e. The van der Waals surface area contributed by atoms with Crippen LogP contribution in [0, 0.1) is 0 Å². The second-order valence-corrected chi connectivity index (χ2v) is 3.38. The highest BCUT2D eigenvalue weighted by molar-refractivity contribution is 5.77. The van der Waals surface area contributed by atoms with E-state index < -0.39 is 12.1 Å². The van der Waals surface area contributed by atoms with E-state index in [1.807, 2.05) is 0 Å². The van der Waals surface area contributed by atoms with Gasteiger partial charge in [-0.25, -0.2) is 4.79 Å². The first-order valence-electron chi connectivity index (χ1n) is 5.14. The molecule has 0 spiro atoms. The number of benzene rings is 1. The van der Waals surface area contributed by atoms with E-state index in [2.05, 4.69) is 4.74 Å². The molecule has 0 radical (unpaired) electrons. The Bertz CT molecular complexity index is 404. The van der Waals surface area contributed by atoms with Crippen molar-refractivity contribution in [2.75, 3.05) is 28.4 Å². The molecule has 0 aromatic heterocycles. The minimum atomic E-state index is -1.40. The number of aliphatic hydroxyl groups excluding tert-OH is 1. The summed E-state index contributed by atoms with van der Waals surface area (Å²) in [6.45, 7) is 0. The Morgan fingerprint density at radius 1 is 1.06 bits per heavy atom. The van der Waals surface area contributed by atoms with Crippen LogP contribution in [-0.4, -0.2) is 39.5 Å². The third-order valence-corrected chi connectivity index (χ3v) is 2.43. The van der Waals surface area contributed by atoms with Crippen molar-refractivity contribution in [2.24, 2.45) is 0 Å². The highest BCUT2D eigenvalue weighted by Crippen LogP contribution is 2.39. The zero-order valence-corrected chi connectivity index (χ0v) is 10.7. The zero-order chi connectivity index (χ0) is 13.7. The summed E-state index contributed by atoms with van der Waals surface area (Å²) in [6.07, 6.45) is -1.40. The largest absolute Gasteiger partial charge is 0.493 e. The minimum Gasteiger partial charge on any atom is -0.493 e. The maximum Gasteiger partial charge on any atom is 0.339 e. The summed E-state index contributed by atoms with van der Waals surface area (Å²) in [5.41, 5.74) is 0.302. The maximum atomic E-state index is 11.3. The van der Waals surface area contributed by atoms with Crippen LogP contribution in [0.15, 0.2) is 12.1 Å². The van der Waals surface area contributed by atoms with Gasteiger partial charge in [0.15, 0.2) is 17.6 Å². The Labute approximate surface area is 105 Å². The van der Waals surface area contributed by atoms with Crippen molar-refractivity contribution >= 4 is 5.97 Å². The molecule has 0 aliphatic heterocycles. The summed E-state index contributed by atoms with van der Waals surface area (Å²) in [7, 11) is 5.57. The quantitative estimate of drug-likeness (QED) is 0.790. The van der Waals surface area contributed by atoms with E-state index in [0.717, 1.165) is 0 Å². The zero-order valence-electron chi connectivity index (χ0n) is 10.7.